The fraction of sp³-hybridized carbons (Fsp3) is 0.435. The molecule has 0 saturated carbocycles. The van der Waals surface area contributed by atoms with E-state index in [1.54, 1.807) is 24.3 Å². The number of carbonyl (C=O) groups excluding carboxylic acids is 1. The lowest BCUT2D eigenvalue weighted by molar-refractivity contribution is 0.0948. The molecule has 1 aliphatic rings. The molecule has 1 amide bonds. The van der Waals surface area contributed by atoms with Crippen LogP contribution in [0.15, 0.2) is 53.4 Å². The first kappa shape index (κ1) is 22.3. The Morgan fingerprint density at radius 2 is 1.83 bits per heavy atom. The number of rotatable bonds is 8. The van der Waals surface area contributed by atoms with Gasteiger partial charge in [0.05, 0.1) is 10.6 Å². The number of carbonyl (C=O) groups is 1. The van der Waals surface area contributed by atoms with E-state index >= 15 is 0 Å². The van der Waals surface area contributed by atoms with Crippen LogP contribution in [0, 0.1) is 6.92 Å². The van der Waals surface area contributed by atoms with E-state index < -0.39 is 10.0 Å². The second-order valence-electron chi connectivity index (χ2n) is 7.94. The zero-order valence-electron chi connectivity index (χ0n) is 17.7. The van der Waals surface area contributed by atoms with Crippen molar-refractivity contribution in [3.05, 3.63) is 59.7 Å². The van der Waals surface area contributed by atoms with Gasteiger partial charge >= 0.3 is 0 Å². The van der Waals surface area contributed by atoms with Crippen molar-refractivity contribution in [3.63, 3.8) is 0 Å². The Labute approximate surface area is 179 Å². The van der Waals surface area contributed by atoms with Crippen LogP contribution in [0.2, 0.25) is 0 Å². The van der Waals surface area contributed by atoms with Crippen molar-refractivity contribution >= 4 is 21.6 Å². The molecule has 0 aromatic heterocycles. The van der Waals surface area contributed by atoms with Crippen LogP contribution in [0.4, 0.5) is 5.69 Å². The van der Waals surface area contributed by atoms with Crippen molar-refractivity contribution < 1.29 is 13.2 Å². The Morgan fingerprint density at radius 3 is 2.53 bits per heavy atom. The smallest absolute Gasteiger partial charge is 0.261 e. The molecule has 2 aromatic rings. The van der Waals surface area contributed by atoms with Gasteiger partial charge in [-0.1, -0.05) is 24.6 Å². The maximum Gasteiger partial charge on any atom is 0.261 e. The Hall–Kier alpha value is -2.38. The number of aryl methyl sites for hydroxylation is 1. The molecule has 30 heavy (non-hydrogen) atoms. The lowest BCUT2D eigenvalue weighted by atomic mass is 10.0. The molecule has 0 unspecified atom stereocenters. The predicted octanol–water partition coefficient (Wildman–Crippen LogP) is 3.79. The zero-order chi connectivity index (χ0) is 21.6. The van der Waals surface area contributed by atoms with E-state index in [0.29, 0.717) is 23.8 Å². The quantitative estimate of drug-likeness (QED) is 0.626. The molecule has 162 valence electrons. The Kier molecular flexibility index (Phi) is 7.50. The second kappa shape index (κ2) is 10.1. The highest BCUT2D eigenvalue weighted by Gasteiger charge is 2.18. The van der Waals surface area contributed by atoms with Crippen molar-refractivity contribution in [3.8, 4) is 0 Å². The number of likely N-dealkylation sites (tertiary alicyclic amines) is 1. The van der Waals surface area contributed by atoms with Crippen LogP contribution in [0.25, 0.3) is 0 Å². The molecule has 2 aromatic carbocycles. The van der Waals surface area contributed by atoms with Gasteiger partial charge in [0.25, 0.3) is 15.9 Å². The molecule has 6 nitrogen and oxygen atoms in total. The van der Waals surface area contributed by atoms with Gasteiger partial charge in [-0.3, -0.25) is 9.52 Å². The van der Waals surface area contributed by atoms with Gasteiger partial charge in [-0.15, -0.1) is 0 Å². The number of sulfonamides is 1. The van der Waals surface area contributed by atoms with E-state index in [1.807, 2.05) is 19.1 Å². The van der Waals surface area contributed by atoms with Gasteiger partial charge in [-0.05, 0) is 75.5 Å². The highest BCUT2D eigenvalue weighted by molar-refractivity contribution is 7.92. The van der Waals surface area contributed by atoms with Crippen LogP contribution in [0.5, 0.6) is 0 Å². The van der Waals surface area contributed by atoms with Crippen molar-refractivity contribution in [1.82, 2.24) is 10.2 Å². The Balaban J connectivity index is 1.51. The van der Waals surface area contributed by atoms with Gasteiger partial charge in [0.15, 0.2) is 0 Å². The van der Waals surface area contributed by atoms with Gasteiger partial charge in [0.1, 0.15) is 0 Å². The first-order chi connectivity index (χ1) is 14.4. The molecule has 3 rings (SSSR count). The number of amides is 1. The summed E-state index contributed by atoms with van der Waals surface area (Å²) < 4.78 is 27.8. The second-order valence-corrected chi connectivity index (χ2v) is 9.62. The molecule has 1 fully saturated rings. The largest absolute Gasteiger partial charge is 0.352 e. The minimum absolute atomic E-state index is 0.126. The van der Waals surface area contributed by atoms with Gasteiger partial charge < -0.3 is 10.2 Å². The summed E-state index contributed by atoms with van der Waals surface area (Å²) in [5, 5.41) is 2.93. The minimum atomic E-state index is -3.70. The summed E-state index contributed by atoms with van der Waals surface area (Å²) in [7, 11) is -3.70. The molecule has 1 saturated heterocycles. The molecule has 1 aliphatic heterocycles. The van der Waals surface area contributed by atoms with Gasteiger partial charge in [-0.25, -0.2) is 8.42 Å². The predicted molar refractivity (Wildman–Crippen MR) is 120 cm³/mol. The lowest BCUT2D eigenvalue weighted by Gasteiger charge is -2.33. The van der Waals surface area contributed by atoms with Crippen molar-refractivity contribution in [2.24, 2.45) is 0 Å². The standard InChI is InChI=1S/C23H31N3O3S/c1-18-8-3-4-10-22(18)25-30(28,29)21-13-11-20(12-14-21)23(27)24-15-7-17-26-16-6-5-9-19(26)2/h3-4,8,10-14,19,25H,5-7,9,15-17H2,1-2H3,(H,24,27)/t19-/m1/s1. The summed E-state index contributed by atoms with van der Waals surface area (Å²) in [4.78, 5) is 15.0. The summed E-state index contributed by atoms with van der Waals surface area (Å²) in [6, 6.07) is 13.9. The van der Waals surface area contributed by atoms with E-state index in [1.165, 1.54) is 31.4 Å². The molecule has 0 aliphatic carbocycles. The van der Waals surface area contributed by atoms with E-state index in [2.05, 4.69) is 21.9 Å². The summed E-state index contributed by atoms with van der Waals surface area (Å²) >= 11 is 0. The minimum Gasteiger partial charge on any atom is -0.352 e. The number of hydrogen-bond donors (Lipinski definition) is 2. The molecular formula is C23H31N3O3S. The van der Waals surface area contributed by atoms with E-state index in [4.69, 9.17) is 0 Å². The number of anilines is 1. The number of piperidine rings is 1. The monoisotopic (exact) mass is 429 g/mol. The molecule has 0 radical (unpaired) electrons. The third kappa shape index (κ3) is 5.83. The third-order valence-corrected chi connectivity index (χ3v) is 7.05. The number of hydrogen-bond acceptors (Lipinski definition) is 4. The van der Waals surface area contributed by atoms with E-state index in [9.17, 15) is 13.2 Å². The molecular weight excluding hydrogens is 398 g/mol. The molecule has 0 bridgehead atoms. The van der Waals surface area contributed by atoms with Crippen LogP contribution in [0.3, 0.4) is 0 Å². The summed E-state index contributed by atoms with van der Waals surface area (Å²) in [5.41, 5.74) is 1.84. The first-order valence-electron chi connectivity index (χ1n) is 10.6. The topological polar surface area (TPSA) is 78.5 Å². The van der Waals surface area contributed by atoms with Crippen LogP contribution >= 0.6 is 0 Å². The zero-order valence-corrected chi connectivity index (χ0v) is 18.5. The summed E-state index contributed by atoms with van der Waals surface area (Å²) in [6.45, 7) is 6.85. The average molecular weight is 430 g/mol. The number of benzene rings is 2. The van der Waals surface area contributed by atoms with Gasteiger partial charge in [0.2, 0.25) is 0 Å². The van der Waals surface area contributed by atoms with E-state index in [-0.39, 0.29) is 10.8 Å². The van der Waals surface area contributed by atoms with Gasteiger partial charge in [0, 0.05) is 24.7 Å². The highest BCUT2D eigenvalue weighted by atomic mass is 32.2. The summed E-state index contributed by atoms with van der Waals surface area (Å²) in [6.07, 6.45) is 4.72. The SMILES string of the molecule is Cc1ccccc1NS(=O)(=O)c1ccc(C(=O)NCCCN2CCCC[C@H]2C)cc1. The molecule has 1 atom stereocenters. The van der Waals surface area contributed by atoms with Crippen molar-refractivity contribution in [2.75, 3.05) is 24.4 Å². The third-order valence-electron chi connectivity index (χ3n) is 5.66. The Bertz CT molecular complexity index is 958. The summed E-state index contributed by atoms with van der Waals surface area (Å²) in [5.74, 6) is -0.183. The Morgan fingerprint density at radius 1 is 1.10 bits per heavy atom. The molecule has 0 spiro atoms. The fourth-order valence-electron chi connectivity index (χ4n) is 3.75. The van der Waals surface area contributed by atoms with Gasteiger partial charge in [-0.2, -0.15) is 0 Å². The normalized spacial score (nSPS) is 17.5. The molecule has 1 heterocycles. The molecule has 2 N–H and O–H groups in total. The van der Waals surface area contributed by atoms with Crippen LogP contribution in [-0.2, 0) is 10.0 Å². The maximum absolute atomic E-state index is 12.6. The average Bonchev–Trinajstić information content (AvgIpc) is 2.74. The number of para-hydroxylation sites is 1. The highest BCUT2D eigenvalue weighted by Crippen LogP contribution is 2.20. The van der Waals surface area contributed by atoms with Crippen LogP contribution < -0.4 is 10.0 Å². The lowest BCUT2D eigenvalue weighted by Crippen LogP contribution is -2.39. The number of nitrogens with one attached hydrogen (secondary N) is 2. The molecule has 7 heteroatoms. The fourth-order valence-corrected chi connectivity index (χ4v) is 4.88. The maximum atomic E-state index is 12.6. The van der Waals surface area contributed by atoms with Crippen molar-refractivity contribution in [1.29, 1.82) is 0 Å². The number of nitrogens with zero attached hydrogens (tertiary/aromatic N) is 1. The first-order valence-corrected chi connectivity index (χ1v) is 12.1. The van der Waals surface area contributed by atoms with Crippen LogP contribution in [0.1, 0.15) is 48.5 Å². The van der Waals surface area contributed by atoms with Crippen molar-refractivity contribution in [2.45, 2.75) is 50.5 Å². The van der Waals surface area contributed by atoms with Crippen LogP contribution in [-0.4, -0.2) is 44.9 Å². The van der Waals surface area contributed by atoms with E-state index in [0.717, 1.165) is 25.1 Å².